The van der Waals surface area contributed by atoms with Gasteiger partial charge in [0.05, 0.1) is 0 Å². The zero-order valence-corrected chi connectivity index (χ0v) is 22.3. The van der Waals surface area contributed by atoms with Gasteiger partial charge in [-0.15, -0.1) is 0 Å². The minimum atomic E-state index is 0.323. The first-order valence-electron chi connectivity index (χ1n) is 14.2. The van der Waals surface area contributed by atoms with E-state index in [9.17, 15) is 5.11 Å². The summed E-state index contributed by atoms with van der Waals surface area (Å²) in [5.74, 6) is 1.84. The zero-order chi connectivity index (χ0) is 25.5. The number of phenolic OH excluding ortho intramolecular Hbond substituents is 1. The van der Waals surface area contributed by atoms with E-state index in [0.29, 0.717) is 17.7 Å². The number of rotatable bonds is 9. The van der Waals surface area contributed by atoms with Gasteiger partial charge in [0.2, 0.25) is 0 Å². The normalized spacial score (nSPS) is 19.0. The van der Waals surface area contributed by atoms with Crippen LogP contribution >= 0.6 is 0 Å². The second kappa shape index (κ2) is 12.5. The number of fused-ring (bicyclic) bond motifs is 1. The number of anilines is 1. The maximum absolute atomic E-state index is 9.83. The van der Waals surface area contributed by atoms with Crippen LogP contribution in [0.25, 0.3) is 0 Å². The van der Waals surface area contributed by atoms with Crippen molar-refractivity contribution in [3.05, 3.63) is 89.0 Å². The second-order valence-corrected chi connectivity index (χ2v) is 11.0. The smallest absolute Gasteiger partial charge is 0.119 e. The molecule has 1 saturated heterocycles. The van der Waals surface area contributed by atoms with Gasteiger partial charge >= 0.3 is 0 Å². The van der Waals surface area contributed by atoms with Crippen molar-refractivity contribution in [3.63, 3.8) is 0 Å². The van der Waals surface area contributed by atoms with Gasteiger partial charge in [-0.2, -0.15) is 0 Å². The van der Waals surface area contributed by atoms with E-state index in [0.717, 1.165) is 44.6 Å². The monoisotopic (exact) mass is 498 g/mol. The summed E-state index contributed by atoms with van der Waals surface area (Å²) in [7, 11) is 0. The van der Waals surface area contributed by atoms with Crippen molar-refractivity contribution in [3.8, 4) is 11.5 Å². The van der Waals surface area contributed by atoms with Crippen LogP contribution in [0, 0.1) is 0 Å². The Balaban J connectivity index is 1.13. The summed E-state index contributed by atoms with van der Waals surface area (Å²) < 4.78 is 6.05. The molecule has 2 unspecified atom stereocenters. The van der Waals surface area contributed by atoms with Crippen LogP contribution in [0.3, 0.4) is 0 Å². The van der Waals surface area contributed by atoms with Gasteiger partial charge in [-0.3, -0.25) is 4.90 Å². The molecule has 4 heteroatoms. The Morgan fingerprint density at radius 3 is 2.54 bits per heavy atom. The molecule has 5 rings (SSSR count). The Bertz CT molecular complexity index is 1140. The Kier molecular flexibility index (Phi) is 8.68. The van der Waals surface area contributed by atoms with Crippen LogP contribution in [0.5, 0.6) is 11.5 Å². The highest BCUT2D eigenvalue weighted by Crippen LogP contribution is 2.37. The van der Waals surface area contributed by atoms with Gasteiger partial charge in [0, 0.05) is 18.3 Å². The predicted molar refractivity (Wildman–Crippen MR) is 153 cm³/mol. The summed E-state index contributed by atoms with van der Waals surface area (Å²) in [6, 6.07) is 23.6. The molecule has 0 spiro atoms. The molecule has 0 saturated carbocycles. The van der Waals surface area contributed by atoms with Crippen molar-refractivity contribution in [2.75, 3.05) is 31.6 Å². The minimum absolute atomic E-state index is 0.323. The van der Waals surface area contributed by atoms with Gasteiger partial charge in [-0.1, -0.05) is 49.2 Å². The number of aryl methyl sites for hydroxylation is 1. The van der Waals surface area contributed by atoms with Gasteiger partial charge in [-0.05, 0) is 117 Å². The minimum Gasteiger partial charge on any atom is -0.508 e. The molecule has 37 heavy (non-hydrogen) atoms. The first kappa shape index (κ1) is 25.7. The number of nitrogens with one attached hydrogen (secondary N) is 1. The summed E-state index contributed by atoms with van der Waals surface area (Å²) in [5.41, 5.74) is 6.63. The summed E-state index contributed by atoms with van der Waals surface area (Å²) >= 11 is 0. The number of nitrogens with zero attached hydrogens (tertiary/aromatic N) is 1. The Labute approximate surface area is 222 Å². The standard InChI is InChI=1S/C33H42N2O2/c1-25(22-26-10-16-31(17-11-26)37-21-20-35-18-6-2-3-7-19-35)34-33-9-5-4-8-32(33)29-13-12-28-24-30(36)15-14-27(28)23-29/h4-5,8-11,14-17,24-25,29,34,36H,2-3,6-7,12-13,18-23H2,1H3. The largest absolute Gasteiger partial charge is 0.508 e. The lowest BCUT2D eigenvalue weighted by Gasteiger charge is -2.28. The SMILES string of the molecule is CC(Cc1ccc(OCCN2CCCCCC2)cc1)Nc1ccccc1C1CCc2cc(O)ccc2C1. The molecule has 0 aromatic heterocycles. The van der Waals surface area contributed by atoms with E-state index in [1.165, 1.54) is 66.7 Å². The summed E-state index contributed by atoms with van der Waals surface area (Å²) in [6.45, 7) is 6.49. The first-order chi connectivity index (χ1) is 18.1. The lowest BCUT2D eigenvalue weighted by atomic mass is 9.79. The van der Waals surface area contributed by atoms with Crippen molar-refractivity contribution in [2.24, 2.45) is 0 Å². The molecular weight excluding hydrogens is 456 g/mol. The fourth-order valence-corrected chi connectivity index (χ4v) is 6.04. The zero-order valence-electron chi connectivity index (χ0n) is 22.3. The van der Waals surface area contributed by atoms with Crippen LogP contribution in [-0.2, 0) is 19.3 Å². The molecule has 196 valence electrons. The average Bonchev–Trinajstić information content (AvgIpc) is 3.19. The lowest BCUT2D eigenvalue weighted by Crippen LogP contribution is -2.29. The first-order valence-corrected chi connectivity index (χ1v) is 14.2. The fourth-order valence-electron chi connectivity index (χ4n) is 6.04. The van der Waals surface area contributed by atoms with Gasteiger partial charge in [0.15, 0.2) is 0 Å². The molecular formula is C33H42N2O2. The van der Waals surface area contributed by atoms with Crippen LogP contribution in [-0.4, -0.2) is 42.3 Å². The van der Waals surface area contributed by atoms with Crippen molar-refractivity contribution in [1.29, 1.82) is 0 Å². The third-order valence-electron chi connectivity index (χ3n) is 8.06. The third kappa shape index (κ3) is 7.07. The highest BCUT2D eigenvalue weighted by Gasteiger charge is 2.23. The molecule has 2 aliphatic rings. The van der Waals surface area contributed by atoms with Crippen molar-refractivity contribution >= 4 is 5.69 Å². The topological polar surface area (TPSA) is 44.7 Å². The van der Waals surface area contributed by atoms with Gasteiger partial charge in [0.25, 0.3) is 0 Å². The van der Waals surface area contributed by atoms with E-state index in [2.05, 4.69) is 71.7 Å². The summed E-state index contributed by atoms with van der Waals surface area (Å²) in [6.07, 6.45) is 9.53. The summed E-state index contributed by atoms with van der Waals surface area (Å²) in [5, 5.41) is 13.6. The highest BCUT2D eigenvalue weighted by atomic mass is 16.5. The number of hydrogen-bond acceptors (Lipinski definition) is 4. The van der Waals surface area contributed by atoms with Crippen LogP contribution in [0.1, 0.15) is 67.2 Å². The van der Waals surface area contributed by atoms with Crippen LogP contribution in [0.15, 0.2) is 66.7 Å². The highest BCUT2D eigenvalue weighted by molar-refractivity contribution is 5.55. The van der Waals surface area contributed by atoms with E-state index in [-0.39, 0.29) is 0 Å². The number of likely N-dealkylation sites (tertiary alicyclic amines) is 1. The number of benzene rings is 3. The van der Waals surface area contributed by atoms with Gasteiger partial charge < -0.3 is 15.2 Å². The third-order valence-corrected chi connectivity index (χ3v) is 8.06. The number of phenols is 1. The average molecular weight is 499 g/mol. The van der Waals surface area contributed by atoms with Crippen molar-refractivity contribution < 1.29 is 9.84 Å². The molecule has 1 aliphatic carbocycles. The molecule has 1 fully saturated rings. The quantitative estimate of drug-likeness (QED) is 0.335. The van der Waals surface area contributed by atoms with E-state index in [4.69, 9.17) is 4.74 Å². The van der Waals surface area contributed by atoms with Crippen molar-refractivity contribution in [2.45, 2.75) is 70.3 Å². The predicted octanol–water partition coefficient (Wildman–Crippen LogP) is 6.96. The molecule has 0 amide bonds. The maximum Gasteiger partial charge on any atom is 0.119 e. The molecule has 0 bridgehead atoms. The fraction of sp³-hybridized carbons (Fsp3) is 0.455. The number of aromatic hydroxyl groups is 1. The van der Waals surface area contributed by atoms with E-state index in [1.807, 2.05) is 12.1 Å². The lowest BCUT2D eigenvalue weighted by molar-refractivity contribution is 0.214. The molecule has 0 radical (unpaired) electrons. The number of hydrogen-bond donors (Lipinski definition) is 2. The molecule has 3 aromatic rings. The maximum atomic E-state index is 9.83. The summed E-state index contributed by atoms with van der Waals surface area (Å²) in [4.78, 5) is 2.55. The van der Waals surface area contributed by atoms with Gasteiger partial charge in [0.1, 0.15) is 18.1 Å². The van der Waals surface area contributed by atoms with Crippen LogP contribution < -0.4 is 10.1 Å². The Hall–Kier alpha value is -2.98. The van der Waals surface area contributed by atoms with Gasteiger partial charge in [-0.25, -0.2) is 0 Å². The molecule has 3 aromatic carbocycles. The Morgan fingerprint density at radius 2 is 1.73 bits per heavy atom. The Morgan fingerprint density at radius 1 is 0.946 bits per heavy atom. The number of ether oxygens (including phenoxy) is 1. The van der Waals surface area contributed by atoms with E-state index >= 15 is 0 Å². The number of para-hydroxylation sites is 1. The molecule has 2 atom stereocenters. The van der Waals surface area contributed by atoms with Crippen LogP contribution in [0.4, 0.5) is 5.69 Å². The molecule has 2 N–H and O–H groups in total. The molecule has 4 nitrogen and oxygen atoms in total. The second-order valence-electron chi connectivity index (χ2n) is 11.0. The molecule has 1 aliphatic heterocycles. The van der Waals surface area contributed by atoms with Crippen molar-refractivity contribution in [1.82, 2.24) is 4.90 Å². The van der Waals surface area contributed by atoms with E-state index < -0.39 is 0 Å². The van der Waals surface area contributed by atoms with E-state index in [1.54, 1.807) is 0 Å². The van der Waals surface area contributed by atoms with Crippen LogP contribution in [0.2, 0.25) is 0 Å². The molecule has 1 heterocycles.